The molecule has 0 radical (unpaired) electrons. The van der Waals surface area contributed by atoms with Crippen molar-refractivity contribution in [2.24, 2.45) is 0 Å². The van der Waals surface area contributed by atoms with E-state index in [9.17, 15) is 9.59 Å². The van der Waals surface area contributed by atoms with Crippen LogP contribution in [0.25, 0.3) is 22.6 Å². The second-order valence-corrected chi connectivity index (χ2v) is 7.59. The number of carbonyl (C=O) groups is 2. The van der Waals surface area contributed by atoms with Crippen LogP contribution in [0.15, 0.2) is 69.6 Å². The van der Waals surface area contributed by atoms with Gasteiger partial charge in [-0.15, -0.1) is 0 Å². The first-order chi connectivity index (χ1) is 13.5. The lowest BCUT2D eigenvalue weighted by Crippen LogP contribution is -2.29. The molecular formula is C22H13BrN2O3. The lowest BCUT2D eigenvalue weighted by Gasteiger charge is -2.13. The first-order valence-corrected chi connectivity index (χ1v) is 9.46. The number of amides is 2. The van der Waals surface area contributed by atoms with Crippen molar-refractivity contribution < 1.29 is 14.0 Å². The molecule has 136 valence electrons. The molecule has 5 nitrogen and oxygen atoms in total. The van der Waals surface area contributed by atoms with Crippen LogP contribution in [0.1, 0.15) is 26.3 Å². The van der Waals surface area contributed by atoms with Gasteiger partial charge in [-0.05, 0) is 67.1 Å². The predicted octanol–water partition coefficient (Wildman–Crippen LogP) is 5.37. The van der Waals surface area contributed by atoms with Crippen LogP contribution in [0.5, 0.6) is 0 Å². The van der Waals surface area contributed by atoms with Gasteiger partial charge in [0.25, 0.3) is 11.8 Å². The normalized spacial score (nSPS) is 13.4. The van der Waals surface area contributed by atoms with Gasteiger partial charge in [-0.1, -0.05) is 22.0 Å². The van der Waals surface area contributed by atoms with Crippen molar-refractivity contribution in [2.75, 3.05) is 4.90 Å². The SMILES string of the molecule is Cc1ccc2nc(-c3ccc4c(c3)C(=O)N(c3ccc(Br)cc3)C4=O)oc2c1. The lowest BCUT2D eigenvalue weighted by atomic mass is 10.1. The van der Waals surface area contributed by atoms with Gasteiger partial charge in [-0.25, -0.2) is 9.88 Å². The number of anilines is 1. The number of hydrogen-bond donors (Lipinski definition) is 0. The molecule has 28 heavy (non-hydrogen) atoms. The van der Waals surface area contributed by atoms with E-state index < -0.39 is 0 Å². The highest BCUT2D eigenvalue weighted by atomic mass is 79.9. The summed E-state index contributed by atoms with van der Waals surface area (Å²) in [7, 11) is 0. The van der Waals surface area contributed by atoms with Gasteiger partial charge in [-0.2, -0.15) is 0 Å². The quantitative estimate of drug-likeness (QED) is 0.399. The average Bonchev–Trinajstić information content (AvgIpc) is 3.21. The van der Waals surface area contributed by atoms with Crippen LogP contribution in [0.4, 0.5) is 5.69 Å². The van der Waals surface area contributed by atoms with Gasteiger partial charge in [0.1, 0.15) is 5.52 Å². The zero-order chi connectivity index (χ0) is 19.4. The Morgan fingerprint density at radius 2 is 1.64 bits per heavy atom. The fourth-order valence-electron chi connectivity index (χ4n) is 3.35. The second kappa shape index (κ2) is 6.14. The number of fused-ring (bicyclic) bond motifs is 2. The summed E-state index contributed by atoms with van der Waals surface area (Å²) in [6.45, 7) is 1.98. The molecule has 2 heterocycles. The molecular weight excluding hydrogens is 420 g/mol. The van der Waals surface area contributed by atoms with E-state index in [4.69, 9.17) is 4.42 Å². The number of hydrogen-bond acceptors (Lipinski definition) is 4. The van der Waals surface area contributed by atoms with Crippen molar-refractivity contribution in [3.05, 3.63) is 81.8 Å². The van der Waals surface area contributed by atoms with Crippen molar-refractivity contribution >= 4 is 44.5 Å². The molecule has 0 atom stereocenters. The summed E-state index contributed by atoms with van der Waals surface area (Å²) in [5, 5.41) is 0. The maximum absolute atomic E-state index is 12.9. The van der Waals surface area contributed by atoms with Crippen molar-refractivity contribution in [2.45, 2.75) is 6.92 Å². The molecule has 5 rings (SSSR count). The van der Waals surface area contributed by atoms with E-state index in [2.05, 4.69) is 20.9 Å². The van der Waals surface area contributed by atoms with Gasteiger partial charge in [-0.3, -0.25) is 9.59 Å². The molecule has 1 aliphatic heterocycles. The highest BCUT2D eigenvalue weighted by Crippen LogP contribution is 2.33. The molecule has 0 unspecified atom stereocenters. The number of nitrogens with zero attached hydrogens (tertiary/aromatic N) is 2. The summed E-state index contributed by atoms with van der Waals surface area (Å²) in [5.41, 5.74) is 4.44. The molecule has 0 bridgehead atoms. The van der Waals surface area contributed by atoms with Gasteiger partial charge in [0.05, 0.1) is 16.8 Å². The summed E-state index contributed by atoms with van der Waals surface area (Å²) in [5.74, 6) is -0.260. The highest BCUT2D eigenvalue weighted by Gasteiger charge is 2.37. The molecule has 1 aromatic heterocycles. The number of rotatable bonds is 2. The maximum Gasteiger partial charge on any atom is 0.266 e. The van der Waals surface area contributed by atoms with E-state index in [-0.39, 0.29) is 11.8 Å². The number of imide groups is 1. The lowest BCUT2D eigenvalue weighted by molar-refractivity contribution is 0.0926. The largest absolute Gasteiger partial charge is 0.436 e. The molecule has 2 amide bonds. The average molecular weight is 433 g/mol. The van der Waals surface area contributed by atoms with Gasteiger partial charge < -0.3 is 4.42 Å². The Balaban J connectivity index is 1.57. The van der Waals surface area contributed by atoms with Gasteiger partial charge in [0.15, 0.2) is 5.58 Å². The number of carbonyl (C=O) groups excluding carboxylic acids is 2. The minimum Gasteiger partial charge on any atom is -0.436 e. The van der Waals surface area contributed by atoms with Crippen LogP contribution in [-0.4, -0.2) is 16.8 Å². The highest BCUT2D eigenvalue weighted by molar-refractivity contribution is 9.10. The Bertz CT molecular complexity index is 1270. The van der Waals surface area contributed by atoms with Crippen LogP contribution < -0.4 is 4.90 Å². The van der Waals surface area contributed by atoms with E-state index in [1.54, 1.807) is 42.5 Å². The minimum absolute atomic E-state index is 0.331. The summed E-state index contributed by atoms with van der Waals surface area (Å²) < 4.78 is 6.73. The van der Waals surface area contributed by atoms with E-state index in [0.717, 1.165) is 15.6 Å². The van der Waals surface area contributed by atoms with Crippen molar-refractivity contribution in [1.82, 2.24) is 4.98 Å². The summed E-state index contributed by atoms with van der Waals surface area (Å²) in [6.07, 6.45) is 0. The molecule has 0 fully saturated rings. The number of oxazole rings is 1. The molecule has 4 aromatic rings. The van der Waals surface area contributed by atoms with Crippen molar-refractivity contribution in [3.63, 3.8) is 0 Å². The van der Waals surface area contributed by atoms with Crippen LogP contribution in [0, 0.1) is 6.92 Å². The molecule has 0 aliphatic carbocycles. The first-order valence-electron chi connectivity index (χ1n) is 8.67. The fraction of sp³-hybridized carbons (Fsp3) is 0.0455. The van der Waals surface area contributed by atoms with E-state index in [0.29, 0.717) is 33.9 Å². The van der Waals surface area contributed by atoms with E-state index in [1.165, 1.54) is 4.90 Å². The number of aromatic nitrogens is 1. The third kappa shape index (κ3) is 2.57. The number of benzene rings is 3. The Kier molecular flexibility index (Phi) is 3.70. The molecule has 0 spiro atoms. The van der Waals surface area contributed by atoms with Gasteiger partial charge >= 0.3 is 0 Å². The van der Waals surface area contributed by atoms with Crippen LogP contribution in [-0.2, 0) is 0 Å². The molecule has 0 saturated carbocycles. The standard InChI is InChI=1S/C22H13BrN2O3/c1-12-2-9-18-19(10-12)28-20(24-18)13-3-8-16-17(11-13)22(27)25(21(16)26)15-6-4-14(23)5-7-15/h2-11H,1H3. The zero-order valence-corrected chi connectivity index (χ0v) is 16.4. The fourth-order valence-corrected chi connectivity index (χ4v) is 3.62. The monoisotopic (exact) mass is 432 g/mol. The predicted molar refractivity (Wildman–Crippen MR) is 109 cm³/mol. The van der Waals surface area contributed by atoms with Crippen LogP contribution >= 0.6 is 15.9 Å². The minimum atomic E-state index is -0.351. The summed E-state index contributed by atoms with van der Waals surface area (Å²) in [6, 6.07) is 17.9. The Hall–Kier alpha value is -3.25. The smallest absolute Gasteiger partial charge is 0.266 e. The molecule has 0 N–H and O–H groups in total. The molecule has 1 aliphatic rings. The summed E-state index contributed by atoms with van der Waals surface area (Å²) >= 11 is 3.36. The van der Waals surface area contributed by atoms with E-state index in [1.807, 2.05) is 25.1 Å². The third-order valence-electron chi connectivity index (χ3n) is 4.76. The second-order valence-electron chi connectivity index (χ2n) is 6.67. The van der Waals surface area contributed by atoms with Crippen molar-refractivity contribution in [1.29, 1.82) is 0 Å². The molecule has 0 saturated heterocycles. The zero-order valence-electron chi connectivity index (χ0n) is 14.8. The molecule has 3 aromatic carbocycles. The topological polar surface area (TPSA) is 63.4 Å². The Morgan fingerprint density at radius 1 is 0.893 bits per heavy atom. The van der Waals surface area contributed by atoms with Crippen molar-refractivity contribution in [3.8, 4) is 11.5 Å². The van der Waals surface area contributed by atoms with Gasteiger partial charge in [0.2, 0.25) is 5.89 Å². The first kappa shape index (κ1) is 16.9. The van der Waals surface area contributed by atoms with Crippen LogP contribution in [0.2, 0.25) is 0 Å². The van der Waals surface area contributed by atoms with Crippen LogP contribution in [0.3, 0.4) is 0 Å². The summed E-state index contributed by atoms with van der Waals surface area (Å²) in [4.78, 5) is 31.4. The number of halogens is 1. The third-order valence-corrected chi connectivity index (χ3v) is 5.29. The Labute approximate surface area is 168 Å². The van der Waals surface area contributed by atoms with E-state index >= 15 is 0 Å². The Morgan fingerprint density at radius 3 is 2.43 bits per heavy atom. The van der Waals surface area contributed by atoms with Gasteiger partial charge in [0, 0.05) is 10.0 Å². The maximum atomic E-state index is 12.9. The number of aryl methyl sites for hydroxylation is 1. The molecule has 6 heteroatoms.